The van der Waals surface area contributed by atoms with Crippen molar-refractivity contribution in [3.05, 3.63) is 79.0 Å². The molecule has 4 N–H and O–H groups in total. The molecule has 6 aromatic rings. The Morgan fingerprint density at radius 3 is 2.57 bits per heavy atom. The summed E-state index contributed by atoms with van der Waals surface area (Å²) < 4.78 is 14.7. The fraction of sp³-hybridized carbons (Fsp3) is 0.188. The topological polar surface area (TPSA) is 115 Å². The normalized spacial score (nSPS) is 11.5. The molecule has 4 heterocycles. The Morgan fingerprint density at radius 1 is 0.905 bits per heavy atom. The molecular weight excluding hydrogens is 531 g/mol. The summed E-state index contributed by atoms with van der Waals surface area (Å²) in [6.07, 6.45) is 5.52. The van der Waals surface area contributed by atoms with Crippen LogP contribution in [0.3, 0.4) is 0 Å². The summed E-state index contributed by atoms with van der Waals surface area (Å²) in [7, 11) is 4.00. The fourth-order valence-corrected chi connectivity index (χ4v) is 4.98. The van der Waals surface area contributed by atoms with E-state index in [0.29, 0.717) is 35.6 Å². The van der Waals surface area contributed by atoms with Gasteiger partial charge in [0.2, 0.25) is 5.91 Å². The van der Waals surface area contributed by atoms with E-state index < -0.39 is 0 Å². The SMILES string of the molecule is CCC(=O)Nc1cncc(-c2ccc3[nH]nc(-c4cc5c(-c6cc(F)cc(NCCN(C)C)c6)nccc5[nH]4)c3c2)c1. The predicted octanol–water partition coefficient (Wildman–Crippen LogP) is 6.30. The molecule has 0 radical (unpaired) electrons. The number of hydrogen-bond acceptors (Lipinski definition) is 6. The molecule has 4 aromatic heterocycles. The number of aromatic amines is 2. The molecule has 0 spiro atoms. The monoisotopic (exact) mass is 562 g/mol. The molecule has 2 aromatic carbocycles. The highest BCUT2D eigenvalue weighted by atomic mass is 19.1. The first-order valence-electron chi connectivity index (χ1n) is 13.8. The van der Waals surface area contributed by atoms with Gasteiger partial charge in [-0.1, -0.05) is 13.0 Å². The molecule has 10 heteroatoms. The van der Waals surface area contributed by atoms with Gasteiger partial charge in [0.1, 0.15) is 11.5 Å². The molecule has 6 rings (SSSR count). The number of nitrogens with one attached hydrogen (secondary N) is 4. The molecule has 0 aliphatic carbocycles. The van der Waals surface area contributed by atoms with E-state index in [9.17, 15) is 9.18 Å². The Kier molecular flexibility index (Phi) is 7.37. The number of likely N-dealkylation sites (N-methyl/N-ethyl adjacent to an activating group) is 1. The Balaban J connectivity index is 1.36. The lowest BCUT2D eigenvalue weighted by Crippen LogP contribution is -2.20. The van der Waals surface area contributed by atoms with Crippen LogP contribution in [0, 0.1) is 5.82 Å². The van der Waals surface area contributed by atoms with E-state index in [1.54, 1.807) is 18.6 Å². The molecule has 0 aliphatic heterocycles. The summed E-state index contributed by atoms with van der Waals surface area (Å²) in [4.78, 5) is 26.4. The maximum absolute atomic E-state index is 14.7. The minimum atomic E-state index is -0.326. The number of hydrogen-bond donors (Lipinski definition) is 4. The third-order valence-corrected chi connectivity index (χ3v) is 7.10. The van der Waals surface area contributed by atoms with Crippen LogP contribution in [0.5, 0.6) is 0 Å². The number of amides is 1. The number of carbonyl (C=O) groups excluding carboxylic acids is 1. The largest absolute Gasteiger partial charge is 0.384 e. The van der Waals surface area contributed by atoms with Gasteiger partial charge in [0, 0.05) is 65.0 Å². The van der Waals surface area contributed by atoms with Gasteiger partial charge in [-0.05, 0) is 68.2 Å². The lowest BCUT2D eigenvalue weighted by Gasteiger charge is -2.12. The van der Waals surface area contributed by atoms with Crippen molar-refractivity contribution in [2.45, 2.75) is 13.3 Å². The summed E-state index contributed by atoms with van der Waals surface area (Å²) in [5.74, 6) is -0.391. The summed E-state index contributed by atoms with van der Waals surface area (Å²) in [5, 5.41) is 15.7. The Bertz CT molecular complexity index is 1910. The number of rotatable bonds is 9. The minimum absolute atomic E-state index is 0.0655. The van der Waals surface area contributed by atoms with Gasteiger partial charge in [-0.15, -0.1) is 0 Å². The predicted molar refractivity (Wildman–Crippen MR) is 166 cm³/mol. The van der Waals surface area contributed by atoms with Crippen LogP contribution >= 0.6 is 0 Å². The third kappa shape index (κ3) is 5.57. The van der Waals surface area contributed by atoms with Crippen LogP contribution in [0.1, 0.15) is 13.3 Å². The second kappa shape index (κ2) is 11.4. The molecule has 1 amide bonds. The molecule has 0 saturated heterocycles. The number of H-pyrrole nitrogens is 2. The van der Waals surface area contributed by atoms with Crippen LogP contribution in [0.25, 0.3) is 55.6 Å². The zero-order chi connectivity index (χ0) is 29.2. The van der Waals surface area contributed by atoms with Gasteiger partial charge in [0.15, 0.2) is 0 Å². The highest BCUT2D eigenvalue weighted by molar-refractivity contribution is 6.01. The number of aromatic nitrogens is 5. The van der Waals surface area contributed by atoms with Crippen molar-refractivity contribution in [1.29, 1.82) is 0 Å². The highest BCUT2D eigenvalue weighted by Crippen LogP contribution is 2.35. The Morgan fingerprint density at radius 2 is 1.74 bits per heavy atom. The second-order valence-electron chi connectivity index (χ2n) is 10.5. The molecule has 42 heavy (non-hydrogen) atoms. The van der Waals surface area contributed by atoms with Gasteiger partial charge in [-0.3, -0.25) is 19.9 Å². The van der Waals surface area contributed by atoms with Crippen molar-refractivity contribution in [3.63, 3.8) is 0 Å². The Labute approximate surface area is 242 Å². The van der Waals surface area contributed by atoms with Crippen molar-refractivity contribution in [2.75, 3.05) is 37.8 Å². The Hall–Kier alpha value is -5.09. The molecule has 0 fully saturated rings. The molecular formula is C32H31FN8O. The van der Waals surface area contributed by atoms with Gasteiger partial charge < -0.3 is 20.5 Å². The van der Waals surface area contributed by atoms with E-state index in [2.05, 4.69) is 46.7 Å². The molecule has 0 bridgehead atoms. The van der Waals surface area contributed by atoms with Gasteiger partial charge in [0.25, 0.3) is 0 Å². The summed E-state index contributed by atoms with van der Waals surface area (Å²) in [6, 6.07) is 16.8. The van der Waals surface area contributed by atoms with Crippen molar-refractivity contribution >= 4 is 39.1 Å². The molecule has 212 valence electrons. The van der Waals surface area contributed by atoms with Crippen molar-refractivity contribution in [1.82, 2.24) is 30.0 Å². The minimum Gasteiger partial charge on any atom is -0.384 e. The quantitative estimate of drug-likeness (QED) is 0.165. The van der Waals surface area contributed by atoms with E-state index in [-0.39, 0.29) is 11.7 Å². The van der Waals surface area contributed by atoms with E-state index >= 15 is 0 Å². The molecule has 0 atom stereocenters. The number of halogens is 1. The van der Waals surface area contributed by atoms with Gasteiger partial charge in [-0.2, -0.15) is 5.10 Å². The second-order valence-corrected chi connectivity index (χ2v) is 10.5. The number of carbonyl (C=O) groups is 1. The first-order chi connectivity index (χ1) is 20.4. The van der Waals surface area contributed by atoms with Crippen LogP contribution in [-0.2, 0) is 4.79 Å². The van der Waals surface area contributed by atoms with E-state index in [4.69, 9.17) is 0 Å². The van der Waals surface area contributed by atoms with E-state index in [1.165, 1.54) is 12.1 Å². The highest BCUT2D eigenvalue weighted by Gasteiger charge is 2.16. The average molecular weight is 563 g/mol. The van der Waals surface area contributed by atoms with E-state index in [1.807, 2.05) is 57.4 Å². The lowest BCUT2D eigenvalue weighted by molar-refractivity contribution is -0.115. The van der Waals surface area contributed by atoms with Crippen LogP contribution in [0.4, 0.5) is 15.8 Å². The molecule has 0 unspecified atom stereocenters. The third-order valence-electron chi connectivity index (χ3n) is 7.10. The maximum atomic E-state index is 14.7. The van der Waals surface area contributed by atoms with Crippen molar-refractivity contribution in [2.24, 2.45) is 0 Å². The lowest BCUT2D eigenvalue weighted by atomic mass is 10.0. The number of nitrogens with zero attached hydrogens (tertiary/aromatic N) is 4. The van der Waals surface area contributed by atoms with Crippen molar-refractivity contribution < 1.29 is 9.18 Å². The first-order valence-corrected chi connectivity index (χ1v) is 13.8. The fourth-order valence-electron chi connectivity index (χ4n) is 4.98. The summed E-state index contributed by atoms with van der Waals surface area (Å²) >= 11 is 0. The smallest absolute Gasteiger partial charge is 0.224 e. The zero-order valence-corrected chi connectivity index (χ0v) is 23.6. The maximum Gasteiger partial charge on any atom is 0.224 e. The molecule has 9 nitrogen and oxygen atoms in total. The van der Waals surface area contributed by atoms with E-state index in [0.717, 1.165) is 50.9 Å². The van der Waals surface area contributed by atoms with Gasteiger partial charge in [0.05, 0.1) is 28.8 Å². The molecule has 0 aliphatic rings. The number of anilines is 2. The number of pyridine rings is 2. The average Bonchev–Trinajstić information content (AvgIpc) is 3.60. The van der Waals surface area contributed by atoms with Crippen LogP contribution in [0.2, 0.25) is 0 Å². The summed E-state index contributed by atoms with van der Waals surface area (Å²) in [5.41, 5.74) is 7.87. The number of benzene rings is 2. The van der Waals surface area contributed by atoms with Crippen LogP contribution in [-0.4, -0.2) is 63.1 Å². The standard InChI is InChI=1S/C32H31FN8O/c1-4-30(42)37-24-13-21(17-34-18-24)19-5-6-28-25(14-19)32(40-39-28)29-16-26-27(38-29)7-8-36-31(26)20-11-22(33)15-23(12-20)35-9-10-41(2)3/h5-8,11-18,35,38H,4,9-10H2,1-3H3,(H,37,42)(H,39,40). The van der Waals surface area contributed by atoms with Crippen LogP contribution in [0.15, 0.2) is 73.2 Å². The van der Waals surface area contributed by atoms with Crippen molar-refractivity contribution in [3.8, 4) is 33.8 Å². The van der Waals surface area contributed by atoms with Gasteiger partial charge >= 0.3 is 0 Å². The molecule has 0 saturated carbocycles. The summed E-state index contributed by atoms with van der Waals surface area (Å²) in [6.45, 7) is 3.34. The number of fused-ring (bicyclic) bond motifs is 2. The first kappa shape index (κ1) is 27.1. The van der Waals surface area contributed by atoms with Gasteiger partial charge in [-0.25, -0.2) is 4.39 Å². The van der Waals surface area contributed by atoms with Crippen LogP contribution < -0.4 is 10.6 Å². The zero-order valence-electron chi connectivity index (χ0n) is 23.6.